The van der Waals surface area contributed by atoms with Crippen LogP contribution in [0.3, 0.4) is 0 Å². The van der Waals surface area contributed by atoms with E-state index in [1.54, 1.807) is 43.3 Å². The van der Waals surface area contributed by atoms with E-state index in [1.807, 2.05) is 30.3 Å². The van der Waals surface area contributed by atoms with Gasteiger partial charge < -0.3 is 15.3 Å². The molecule has 5 nitrogen and oxygen atoms in total. The van der Waals surface area contributed by atoms with Crippen molar-refractivity contribution < 1.29 is 14.7 Å². The molecule has 2 aromatic carbocycles. The Hall–Kier alpha value is -2.66. The van der Waals surface area contributed by atoms with Gasteiger partial charge in [0.1, 0.15) is 0 Å². The molecule has 0 aromatic heterocycles. The summed E-state index contributed by atoms with van der Waals surface area (Å²) in [5, 5.41) is 12.7. The summed E-state index contributed by atoms with van der Waals surface area (Å²) in [5.41, 5.74) is 2.23. The standard InChI is InChI=1S/C19H22N2O3/c1-20-19(24)16-10-8-14(9-11-16)13-21(2)18(23)12-17(22)15-6-4-3-5-7-15/h3-11,17,22H,12-13H2,1-2H3,(H,20,24). The Labute approximate surface area is 141 Å². The normalized spacial score (nSPS) is 11.6. The van der Waals surface area contributed by atoms with Crippen molar-refractivity contribution in [3.05, 3.63) is 71.3 Å². The fourth-order valence-corrected chi connectivity index (χ4v) is 2.38. The van der Waals surface area contributed by atoms with E-state index >= 15 is 0 Å². The molecule has 1 atom stereocenters. The second-order valence-electron chi connectivity index (χ2n) is 5.66. The molecule has 0 radical (unpaired) electrons. The minimum atomic E-state index is -0.809. The maximum Gasteiger partial charge on any atom is 0.251 e. The summed E-state index contributed by atoms with van der Waals surface area (Å²) in [6, 6.07) is 16.2. The number of aliphatic hydroxyl groups excluding tert-OH is 1. The number of benzene rings is 2. The predicted molar refractivity (Wildman–Crippen MR) is 92.3 cm³/mol. The summed E-state index contributed by atoms with van der Waals surface area (Å²) in [5.74, 6) is -0.279. The van der Waals surface area contributed by atoms with Crippen molar-refractivity contribution in [2.75, 3.05) is 14.1 Å². The van der Waals surface area contributed by atoms with E-state index in [9.17, 15) is 14.7 Å². The Bertz CT molecular complexity index is 684. The van der Waals surface area contributed by atoms with Crippen LogP contribution in [-0.4, -0.2) is 35.9 Å². The van der Waals surface area contributed by atoms with Crippen LogP contribution in [-0.2, 0) is 11.3 Å². The second-order valence-corrected chi connectivity index (χ2v) is 5.66. The van der Waals surface area contributed by atoms with Crippen molar-refractivity contribution in [2.24, 2.45) is 0 Å². The number of carbonyl (C=O) groups excluding carboxylic acids is 2. The van der Waals surface area contributed by atoms with E-state index < -0.39 is 6.10 Å². The largest absolute Gasteiger partial charge is 0.388 e. The Balaban J connectivity index is 1.92. The summed E-state index contributed by atoms with van der Waals surface area (Å²) in [7, 11) is 3.29. The topological polar surface area (TPSA) is 69.6 Å². The maximum absolute atomic E-state index is 12.3. The summed E-state index contributed by atoms with van der Waals surface area (Å²) in [6.45, 7) is 0.425. The van der Waals surface area contributed by atoms with Gasteiger partial charge in [0.05, 0.1) is 12.5 Å². The van der Waals surface area contributed by atoms with Crippen LogP contribution < -0.4 is 5.32 Å². The zero-order valence-electron chi connectivity index (χ0n) is 13.9. The van der Waals surface area contributed by atoms with Crippen molar-refractivity contribution in [2.45, 2.75) is 19.1 Å². The maximum atomic E-state index is 12.3. The lowest BCUT2D eigenvalue weighted by molar-refractivity contribution is -0.132. The van der Waals surface area contributed by atoms with Gasteiger partial charge in [0.25, 0.3) is 5.91 Å². The molecule has 0 bridgehead atoms. The van der Waals surface area contributed by atoms with E-state index in [0.29, 0.717) is 12.1 Å². The molecule has 0 spiro atoms. The molecule has 0 aliphatic rings. The SMILES string of the molecule is CNC(=O)c1ccc(CN(C)C(=O)CC(O)c2ccccc2)cc1. The number of nitrogens with zero attached hydrogens (tertiary/aromatic N) is 1. The zero-order chi connectivity index (χ0) is 17.5. The predicted octanol–water partition coefficient (Wildman–Crippen LogP) is 2.13. The number of aliphatic hydroxyl groups is 1. The first-order chi connectivity index (χ1) is 11.5. The third-order valence-electron chi connectivity index (χ3n) is 3.84. The van der Waals surface area contributed by atoms with Gasteiger partial charge in [0.15, 0.2) is 0 Å². The fourth-order valence-electron chi connectivity index (χ4n) is 2.38. The van der Waals surface area contributed by atoms with Crippen LogP contribution >= 0.6 is 0 Å². The van der Waals surface area contributed by atoms with E-state index in [0.717, 1.165) is 11.1 Å². The molecule has 2 aromatic rings. The van der Waals surface area contributed by atoms with E-state index in [-0.39, 0.29) is 18.2 Å². The van der Waals surface area contributed by atoms with Gasteiger partial charge in [0.2, 0.25) is 5.91 Å². The van der Waals surface area contributed by atoms with Crippen molar-refractivity contribution >= 4 is 11.8 Å². The Kier molecular flexibility index (Phi) is 6.09. The lowest BCUT2D eigenvalue weighted by atomic mass is 10.1. The van der Waals surface area contributed by atoms with Crippen LogP contribution in [0.1, 0.15) is 34.0 Å². The number of carbonyl (C=O) groups is 2. The number of hydrogen-bond acceptors (Lipinski definition) is 3. The van der Waals surface area contributed by atoms with Gasteiger partial charge in [-0.15, -0.1) is 0 Å². The average molecular weight is 326 g/mol. The van der Waals surface area contributed by atoms with E-state index in [1.165, 1.54) is 0 Å². The molecule has 1 unspecified atom stereocenters. The summed E-state index contributed by atoms with van der Waals surface area (Å²) < 4.78 is 0. The third kappa shape index (κ3) is 4.67. The van der Waals surface area contributed by atoms with Gasteiger partial charge >= 0.3 is 0 Å². The molecule has 5 heteroatoms. The van der Waals surface area contributed by atoms with Gasteiger partial charge in [-0.05, 0) is 23.3 Å². The fraction of sp³-hybridized carbons (Fsp3) is 0.263. The molecule has 2 rings (SSSR count). The average Bonchev–Trinajstić information content (AvgIpc) is 2.62. The molecule has 2 amide bonds. The first kappa shape index (κ1) is 17.7. The van der Waals surface area contributed by atoms with Crippen LogP contribution in [0.15, 0.2) is 54.6 Å². The third-order valence-corrected chi connectivity index (χ3v) is 3.84. The molecule has 0 heterocycles. The minimum Gasteiger partial charge on any atom is -0.388 e. The highest BCUT2D eigenvalue weighted by atomic mass is 16.3. The van der Waals surface area contributed by atoms with E-state index in [2.05, 4.69) is 5.32 Å². The highest BCUT2D eigenvalue weighted by Crippen LogP contribution is 2.17. The first-order valence-corrected chi connectivity index (χ1v) is 7.79. The smallest absolute Gasteiger partial charge is 0.251 e. The zero-order valence-corrected chi connectivity index (χ0v) is 13.9. The number of nitrogens with one attached hydrogen (secondary N) is 1. The van der Waals surface area contributed by atoms with Crippen LogP contribution in [0.4, 0.5) is 0 Å². The lowest BCUT2D eigenvalue weighted by Gasteiger charge is -2.19. The molecule has 126 valence electrons. The molecule has 0 saturated heterocycles. The molecular formula is C19H22N2O3. The van der Waals surface area contributed by atoms with Gasteiger partial charge in [-0.25, -0.2) is 0 Å². The molecule has 0 fully saturated rings. The number of amides is 2. The van der Waals surface area contributed by atoms with Gasteiger partial charge in [-0.2, -0.15) is 0 Å². The quantitative estimate of drug-likeness (QED) is 0.854. The van der Waals surface area contributed by atoms with Crippen LogP contribution in [0, 0.1) is 0 Å². The highest BCUT2D eigenvalue weighted by molar-refractivity contribution is 5.93. The van der Waals surface area contributed by atoms with Crippen molar-refractivity contribution in [1.29, 1.82) is 0 Å². The van der Waals surface area contributed by atoms with Gasteiger partial charge in [-0.3, -0.25) is 9.59 Å². The van der Waals surface area contributed by atoms with Crippen LogP contribution in [0.5, 0.6) is 0 Å². The van der Waals surface area contributed by atoms with Crippen LogP contribution in [0.25, 0.3) is 0 Å². The molecule has 2 N–H and O–H groups in total. The highest BCUT2D eigenvalue weighted by Gasteiger charge is 2.16. The van der Waals surface area contributed by atoms with E-state index in [4.69, 9.17) is 0 Å². The summed E-state index contributed by atoms with van der Waals surface area (Å²) in [4.78, 5) is 25.3. The Morgan fingerprint density at radius 1 is 1.08 bits per heavy atom. The minimum absolute atomic E-state index is 0.0385. The lowest BCUT2D eigenvalue weighted by Crippen LogP contribution is -2.27. The molecule has 0 saturated carbocycles. The number of rotatable bonds is 6. The molecule has 0 aliphatic heterocycles. The first-order valence-electron chi connectivity index (χ1n) is 7.79. The van der Waals surface area contributed by atoms with Crippen molar-refractivity contribution in [1.82, 2.24) is 10.2 Å². The number of hydrogen-bond donors (Lipinski definition) is 2. The molecular weight excluding hydrogens is 304 g/mol. The van der Waals surface area contributed by atoms with Gasteiger partial charge in [0, 0.05) is 26.2 Å². The monoisotopic (exact) mass is 326 g/mol. The molecule has 0 aliphatic carbocycles. The summed E-state index contributed by atoms with van der Waals surface area (Å²) in [6.07, 6.45) is -0.770. The van der Waals surface area contributed by atoms with Gasteiger partial charge in [-0.1, -0.05) is 42.5 Å². The Morgan fingerprint density at radius 3 is 2.29 bits per heavy atom. The second kappa shape index (κ2) is 8.26. The summed E-state index contributed by atoms with van der Waals surface area (Å²) >= 11 is 0. The van der Waals surface area contributed by atoms with Crippen LogP contribution in [0.2, 0.25) is 0 Å². The molecule has 24 heavy (non-hydrogen) atoms. The van der Waals surface area contributed by atoms with Crippen molar-refractivity contribution in [3.63, 3.8) is 0 Å². The van der Waals surface area contributed by atoms with Crippen molar-refractivity contribution in [3.8, 4) is 0 Å². The Morgan fingerprint density at radius 2 is 1.71 bits per heavy atom.